The summed E-state index contributed by atoms with van der Waals surface area (Å²) < 4.78 is 5.34. The van der Waals surface area contributed by atoms with Crippen LogP contribution < -0.4 is 10.9 Å². The second kappa shape index (κ2) is 6.91. The Morgan fingerprint density at radius 3 is 2.02 bits per heavy atom. The van der Waals surface area contributed by atoms with Crippen LogP contribution in [0.15, 0.2) is 127 Å². The molecule has 12 rings (SSSR count). The number of benzene rings is 7. The van der Waals surface area contributed by atoms with Crippen molar-refractivity contribution >= 4 is 88.4 Å². The SMILES string of the molecule is c1ccc(-c2cc3c4c5c2c2cccc6c7cccc(c7n5c62)B4n2c4c-3cccc4c3ccc4ccccc4c32)cc1. The lowest BCUT2D eigenvalue weighted by atomic mass is 9.46. The van der Waals surface area contributed by atoms with Crippen molar-refractivity contribution in [3.8, 4) is 22.3 Å². The Labute approximate surface area is 246 Å². The van der Waals surface area contributed by atoms with Crippen LogP contribution in [-0.4, -0.2) is 15.7 Å². The van der Waals surface area contributed by atoms with E-state index in [9.17, 15) is 0 Å². The van der Waals surface area contributed by atoms with Crippen molar-refractivity contribution in [2.75, 3.05) is 0 Å². The van der Waals surface area contributed by atoms with E-state index in [1.165, 1.54) is 104 Å². The van der Waals surface area contributed by atoms with E-state index in [4.69, 9.17) is 0 Å². The predicted molar refractivity (Wildman–Crippen MR) is 183 cm³/mol. The molecular weight excluding hydrogens is 519 g/mol. The lowest BCUT2D eigenvalue weighted by molar-refractivity contribution is 1.31. The molecule has 0 fully saturated rings. The van der Waals surface area contributed by atoms with Gasteiger partial charge in [-0.15, -0.1) is 0 Å². The number of hydrogen-bond acceptors (Lipinski definition) is 0. The summed E-state index contributed by atoms with van der Waals surface area (Å²) in [5.41, 5.74) is 14.9. The largest absolute Gasteiger partial charge is 0.375 e. The van der Waals surface area contributed by atoms with Crippen LogP contribution in [0, 0.1) is 0 Å². The van der Waals surface area contributed by atoms with Gasteiger partial charge in [-0.2, -0.15) is 0 Å². The van der Waals surface area contributed by atoms with E-state index >= 15 is 0 Å². The van der Waals surface area contributed by atoms with Crippen LogP contribution in [0.5, 0.6) is 0 Å². The van der Waals surface area contributed by atoms with Crippen LogP contribution in [0.25, 0.3) is 92.9 Å². The zero-order valence-corrected chi connectivity index (χ0v) is 23.1. The third-order valence-electron chi connectivity index (χ3n) is 10.6. The molecule has 0 saturated heterocycles. The second-order valence-electron chi connectivity index (χ2n) is 12.4. The van der Waals surface area contributed by atoms with E-state index in [-0.39, 0.29) is 6.85 Å². The van der Waals surface area contributed by atoms with Gasteiger partial charge in [0.1, 0.15) is 0 Å². The van der Waals surface area contributed by atoms with Crippen molar-refractivity contribution in [3.63, 3.8) is 0 Å². The second-order valence-corrected chi connectivity index (χ2v) is 12.4. The van der Waals surface area contributed by atoms with E-state index in [0.717, 1.165) is 0 Å². The van der Waals surface area contributed by atoms with E-state index < -0.39 is 0 Å². The Morgan fingerprint density at radius 1 is 0.419 bits per heavy atom. The zero-order valence-electron chi connectivity index (χ0n) is 23.1. The molecule has 2 nitrogen and oxygen atoms in total. The third-order valence-corrected chi connectivity index (χ3v) is 10.6. The molecule has 0 spiro atoms. The molecule has 0 aliphatic carbocycles. The first-order valence-corrected chi connectivity index (χ1v) is 15.2. The lowest BCUT2D eigenvalue weighted by Crippen LogP contribution is -2.53. The molecule has 43 heavy (non-hydrogen) atoms. The summed E-state index contributed by atoms with van der Waals surface area (Å²) in [6.45, 7) is 0.0869. The molecule has 0 bridgehead atoms. The quantitative estimate of drug-likeness (QED) is 0.184. The molecule has 7 aromatic carbocycles. The number of hydrogen-bond donors (Lipinski definition) is 0. The first-order chi connectivity index (χ1) is 21.4. The monoisotopic (exact) mass is 540 g/mol. The lowest BCUT2D eigenvalue weighted by Gasteiger charge is -2.32. The summed E-state index contributed by atoms with van der Waals surface area (Å²) in [5, 5.41) is 10.7. The fourth-order valence-corrected chi connectivity index (χ4v) is 9.09. The number of fused-ring (bicyclic) bond motifs is 10. The molecule has 5 heterocycles. The smallest absolute Gasteiger partial charge is 0.333 e. The number of para-hydroxylation sites is 3. The van der Waals surface area contributed by atoms with Gasteiger partial charge in [0, 0.05) is 54.3 Å². The van der Waals surface area contributed by atoms with Crippen molar-refractivity contribution in [3.05, 3.63) is 127 Å². The molecule has 3 heteroatoms. The van der Waals surface area contributed by atoms with Crippen LogP contribution in [0.3, 0.4) is 0 Å². The number of rotatable bonds is 1. The minimum atomic E-state index is 0.0869. The number of nitrogens with zero attached hydrogens (tertiary/aromatic N) is 2. The summed E-state index contributed by atoms with van der Waals surface area (Å²) in [6.07, 6.45) is 0. The van der Waals surface area contributed by atoms with Crippen molar-refractivity contribution in [1.82, 2.24) is 8.88 Å². The van der Waals surface area contributed by atoms with Gasteiger partial charge in [0.2, 0.25) is 0 Å². The highest BCUT2D eigenvalue weighted by Crippen LogP contribution is 2.49. The average Bonchev–Trinajstić information content (AvgIpc) is 3.72. The van der Waals surface area contributed by atoms with Gasteiger partial charge in [-0.1, -0.05) is 121 Å². The molecule has 0 atom stereocenters. The normalized spacial score (nSPS) is 13.5. The van der Waals surface area contributed by atoms with E-state index in [2.05, 4.69) is 136 Å². The van der Waals surface area contributed by atoms with Gasteiger partial charge in [-0.3, -0.25) is 0 Å². The van der Waals surface area contributed by atoms with Crippen LogP contribution >= 0.6 is 0 Å². The fraction of sp³-hybridized carbons (Fsp3) is 0. The highest BCUT2D eigenvalue weighted by molar-refractivity contribution is 6.91. The maximum absolute atomic E-state index is 2.71. The minimum absolute atomic E-state index is 0.0869. The molecule has 10 aromatic rings. The topological polar surface area (TPSA) is 9.34 Å². The Kier molecular flexibility index (Phi) is 3.41. The highest BCUT2D eigenvalue weighted by Gasteiger charge is 2.42. The van der Waals surface area contributed by atoms with Gasteiger partial charge < -0.3 is 8.88 Å². The van der Waals surface area contributed by atoms with E-state index in [1.807, 2.05) is 0 Å². The first kappa shape index (κ1) is 21.2. The van der Waals surface area contributed by atoms with Crippen LogP contribution in [0.4, 0.5) is 0 Å². The molecule has 2 aliphatic heterocycles. The van der Waals surface area contributed by atoms with Gasteiger partial charge in [0.15, 0.2) is 0 Å². The van der Waals surface area contributed by atoms with Crippen LogP contribution in [0.1, 0.15) is 0 Å². The average molecular weight is 540 g/mol. The number of aromatic nitrogens is 2. The van der Waals surface area contributed by atoms with Gasteiger partial charge in [0.05, 0.1) is 16.6 Å². The molecule has 0 N–H and O–H groups in total. The highest BCUT2D eigenvalue weighted by atomic mass is 15.0. The van der Waals surface area contributed by atoms with Crippen LogP contribution in [0.2, 0.25) is 0 Å². The zero-order chi connectivity index (χ0) is 27.6. The molecule has 2 aliphatic rings. The molecule has 194 valence electrons. The van der Waals surface area contributed by atoms with Gasteiger partial charge in [-0.25, -0.2) is 0 Å². The third kappa shape index (κ3) is 2.20. The van der Waals surface area contributed by atoms with E-state index in [0.29, 0.717) is 0 Å². The molecule has 0 saturated carbocycles. The Morgan fingerprint density at radius 2 is 1.12 bits per heavy atom. The van der Waals surface area contributed by atoms with Crippen molar-refractivity contribution in [1.29, 1.82) is 0 Å². The summed E-state index contributed by atoms with van der Waals surface area (Å²) in [5.74, 6) is 0. The minimum Gasteiger partial charge on any atom is -0.375 e. The molecule has 0 amide bonds. The Balaban J connectivity index is 1.43. The summed E-state index contributed by atoms with van der Waals surface area (Å²) in [6, 6.07) is 47.9. The van der Waals surface area contributed by atoms with Crippen molar-refractivity contribution < 1.29 is 0 Å². The molecule has 0 unspecified atom stereocenters. The standard InChI is InChI=1S/C40H21BN2/c1-2-9-22(10-3-1)31-21-32-28-15-6-14-26-29-20-19-23-11-4-5-12-24(23)37(29)43(38(26)28)41-33-18-8-16-27-25-13-7-17-30-34(31)40(35(32)41)42(36(25)30)39(27)33/h1-21H. The Hall–Kier alpha value is -5.54. The first-order valence-electron chi connectivity index (χ1n) is 15.2. The Bertz CT molecular complexity index is 2890. The van der Waals surface area contributed by atoms with E-state index in [1.54, 1.807) is 0 Å². The maximum Gasteiger partial charge on any atom is 0.333 e. The van der Waals surface area contributed by atoms with Crippen molar-refractivity contribution in [2.24, 2.45) is 0 Å². The predicted octanol–water partition coefficient (Wildman–Crippen LogP) is 8.71. The molecule has 0 radical (unpaired) electrons. The summed E-state index contributed by atoms with van der Waals surface area (Å²) in [4.78, 5) is 0. The van der Waals surface area contributed by atoms with Gasteiger partial charge >= 0.3 is 6.85 Å². The molecule has 3 aromatic heterocycles. The fourth-order valence-electron chi connectivity index (χ4n) is 9.09. The summed E-state index contributed by atoms with van der Waals surface area (Å²) >= 11 is 0. The van der Waals surface area contributed by atoms with Gasteiger partial charge in [-0.05, 0) is 39.1 Å². The molecular formula is C40H21BN2. The van der Waals surface area contributed by atoms with Gasteiger partial charge in [0.25, 0.3) is 0 Å². The van der Waals surface area contributed by atoms with Crippen LogP contribution in [-0.2, 0) is 0 Å². The summed E-state index contributed by atoms with van der Waals surface area (Å²) in [7, 11) is 0. The maximum atomic E-state index is 2.71. The van der Waals surface area contributed by atoms with Crippen molar-refractivity contribution in [2.45, 2.75) is 0 Å².